The van der Waals surface area contributed by atoms with Gasteiger partial charge in [-0.2, -0.15) is 5.26 Å². The van der Waals surface area contributed by atoms with Crippen molar-refractivity contribution in [2.75, 3.05) is 0 Å². The summed E-state index contributed by atoms with van der Waals surface area (Å²) in [4.78, 5) is 43.8. The Labute approximate surface area is 185 Å². The number of rotatable bonds is 5. The maximum Gasteiger partial charge on any atom is 0.349 e. The fourth-order valence-corrected chi connectivity index (χ4v) is 4.60. The van der Waals surface area contributed by atoms with Crippen LogP contribution < -0.4 is 10.9 Å². The van der Waals surface area contributed by atoms with Gasteiger partial charge in [-0.3, -0.25) is 14.2 Å². The van der Waals surface area contributed by atoms with Gasteiger partial charge in [0.25, 0.3) is 11.5 Å². The van der Waals surface area contributed by atoms with Crippen molar-refractivity contribution in [2.24, 2.45) is 5.92 Å². The summed E-state index contributed by atoms with van der Waals surface area (Å²) >= 11 is 1.12. The minimum Gasteiger partial charge on any atom is -0.448 e. The number of hydrogen-bond acceptors (Lipinski definition) is 7. The molecule has 3 rings (SSSR count). The smallest absolute Gasteiger partial charge is 0.349 e. The second-order valence-corrected chi connectivity index (χ2v) is 9.54. The van der Waals surface area contributed by atoms with Gasteiger partial charge in [0.1, 0.15) is 21.1 Å². The van der Waals surface area contributed by atoms with E-state index in [0.29, 0.717) is 22.3 Å². The zero-order valence-corrected chi connectivity index (χ0v) is 19.4. The second kappa shape index (κ2) is 8.79. The van der Waals surface area contributed by atoms with Crippen molar-refractivity contribution in [3.05, 3.63) is 26.6 Å². The van der Waals surface area contributed by atoms with E-state index in [0.717, 1.165) is 42.8 Å². The summed E-state index contributed by atoms with van der Waals surface area (Å²) in [5.74, 6) is -0.586. The first-order valence-electron chi connectivity index (χ1n) is 10.6. The van der Waals surface area contributed by atoms with Crippen LogP contribution in [0.3, 0.4) is 0 Å². The highest BCUT2D eigenvalue weighted by molar-refractivity contribution is 7.20. The van der Waals surface area contributed by atoms with Crippen molar-refractivity contribution in [3.63, 3.8) is 0 Å². The molecule has 1 aliphatic rings. The van der Waals surface area contributed by atoms with Crippen LogP contribution in [0.25, 0.3) is 10.2 Å². The molecule has 2 atom stereocenters. The number of hydrogen-bond donors (Lipinski definition) is 1. The summed E-state index contributed by atoms with van der Waals surface area (Å²) < 4.78 is 7.09. The number of aryl methyl sites for hydroxylation is 2. The predicted octanol–water partition coefficient (Wildman–Crippen LogP) is 3.09. The lowest BCUT2D eigenvalue weighted by atomic mass is 9.90. The molecule has 0 aromatic carbocycles. The molecule has 2 unspecified atom stereocenters. The number of amides is 1. The lowest BCUT2D eigenvalue weighted by Gasteiger charge is -2.28. The molecule has 0 aliphatic carbocycles. The monoisotopic (exact) mass is 444 g/mol. The van der Waals surface area contributed by atoms with E-state index >= 15 is 0 Å². The fourth-order valence-electron chi connectivity index (χ4n) is 3.53. The molecule has 166 valence electrons. The molecule has 2 aromatic rings. The maximum absolute atomic E-state index is 13.0. The van der Waals surface area contributed by atoms with Crippen molar-refractivity contribution in [1.29, 1.82) is 5.26 Å². The number of esters is 1. The summed E-state index contributed by atoms with van der Waals surface area (Å²) in [5, 5.41) is 12.5. The highest BCUT2D eigenvalue weighted by Crippen LogP contribution is 2.29. The molecular formula is C22H28N4O4S. The first-order valence-corrected chi connectivity index (χ1v) is 11.4. The van der Waals surface area contributed by atoms with E-state index in [9.17, 15) is 19.6 Å². The van der Waals surface area contributed by atoms with Gasteiger partial charge in [-0.15, -0.1) is 11.3 Å². The van der Waals surface area contributed by atoms with Gasteiger partial charge >= 0.3 is 5.97 Å². The lowest BCUT2D eigenvalue weighted by molar-refractivity contribution is -0.130. The third kappa shape index (κ3) is 4.35. The second-order valence-electron chi connectivity index (χ2n) is 8.54. The van der Waals surface area contributed by atoms with E-state index in [1.807, 2.05) is 13.8 Å². The van der Waals surface area contributed by atoms with Crippen LogP contribution in [-0.4, -0.2) is 33.1 Å². The molecule has 0 bridgehead atoms. The largest absolute Gasteiger partial charge is 0.448 e. The third-order valence-electron chi connectivity index (χ3n) is 6.02. The Hall–Kier alpha value is -2.73. The van der Waals surface area contributed by atoms with E-state index in [1.54, 1.807) is 18.4 Å². The molecule has 0 saturated heterocycles. The van der Waals surface area contributed by atoms with Gasteiger partial charge < -0.3 is 10.1 Å². The zero-order chi connectivity index (χ0) is 22.9. The topological polar surface area (TPSA) is 114 Å². The Morgan fingerprint density at radius 2 is 2.00 bits per heavy atom. The van der Waals surface area contributed by atoms with Gasteiger partial charge in [0, 0.05) is 13.0 Å². The summed E-state index contributed by atoms with van der Waals surface area (Å²) in [6.07, 6.45) is 2.64. The van der Waals surface area contributed by atoms with Crippen LogP contribution in [0.15, 0.2) is 4.79 Å². The van der Waals surface area contributed by atoms with E-state index in [1.165, 1.54) is 6.92 Å². The van der Waals surface area contributed by atoms with E-state index in [2.05, 4.69) is 16.4 Å². The first kappa shape index (κ1) is 22.9. The molecule has 0 spiro atoms. The molecule has 1 amide bonds. The molecule has 1 aliphatic heterocycles. The minimum atomic E-state index is -1.09. The number of thiophene rings is 1. The molecule has 0 saturated carbocycles. The summed E-state index contributed by atoms with van der Waals surface area (Å²) in [6.45, 7) is 9.09. The van der Waals surface area contributed by atoms with Gasteiger partial charge in [-0.1, -0.05) is 20.3 Å². The molecule has 1 N–H and O–H groups in total. The molecule has 0 radical (unpaired) electrons. The van der Waals surface area contributed by atoms with Crippen molar-refractivity contribution < 1.29 is 14.3 Å². The number of fused-ring (bicyclic) bond motifs is 2. The highest BCUT2D eigenvalue weighted by Gasteiger charge is 2.33. The average Bonchev–Trinajstić information content (AvgIpc) is 2.88. The van der Waals surface area contributed by atoms with Gasteiger partial charge in [0.05, 0.1) is 11.5 Å². The zero-order valence-electron chi connectivity index (χ0n) is 18.6. The molecule has 9 heteroatoms. The molecule has 8 nitrogen and oxygen atoms in total. The summed E-state index contributed by atoms with van der Waals surface area (Å²) in [6, 6.07) is 2.10. The number of carbonyl (C=O) groups excluding carboxylic acids is 2. The Morgan fingerprint density at radius 3 is 2.65 bits per heavy atom. The Kier molecular flexibility index (Phi) is 6.51. The molecule has 31 heavy (non-hydrogen) atoms. The lowest BCUT2D eigenvalue weighted by Crippen LogP contribution is -2.52. The van der Waals surface area contributed by atoms with E-state index in [4.69, 9.17) is 4.74 Å². The number of carbonyl (C=O) groups is 2. The molecule has 0 fully saturated rings. The van der Waals surface area contributed by atoms with Crippen molar-refractivity contribution in [1.82, 2.24) is 14.9 Å². The van der Waals surface area contributed by atoms with Crippen LogP contribution in [0.4, 0.5) is 0 Å². The normalized spacial score (nSPS) is 16.7. The molecule has 2 aromatic heterocycles. The minimum absolute atomic E-state index is 0.122. The fraction of sp³-hybridized carbons (Fsp3) is 0.591. The van der Waals surface area contributed by atoms with Crippen molar-refractivity contribution >= 4 is 33.4 Å². The highest BCUT2D eigenvalue weighted by atomic mass is 32.1. The van der Waals surface area contributed by atoms with Gasteiger partial charge in [0.15, 0.2) is 6.10 Å². The number of aromatic nitrogens is 2. The predicted molar refractivity (Wildman–Crippen MR) is 118 cm³/mol. The molecule has 3 heterocycles. The SMILES string of the molecule is Cc1c(C(=O)OC(C)C(=O)NC(C)(C#N)C(C)C)sc2nc3n(c(=O)c12)CCCCC3. The average molecular weight is 445 g/mol. The van der Waals surface area contributed by atoms with Crippen molar-refractivity contribution in [2.45, 2.75) is 78.5 Å². The number of ether oxygens (including phenoxy) is 1. The Bertz CT molecular complexity index is 1130. The summed E-state index contributed by atoms with van der Waals surface area (Å²) in [5.41, 5.74) is -0.664. The third-order valence-corrected chi connectivity index (χ3v) is 7.19. The standard InChI is InChI=1S/C22H28N4O4S/c1-12(2)22(5,11-23)25-18(27)14(4)30-21(29)17-13(3)16-19(31-17)24-15-9-7-6-8-10-26(15)20(16)28/h12,14H,6-10H2,1-5H3,(H,25,27). The van der Waals surface area contributed by atoms with Crippen LogP contribution in [0.2, 0.25) is 0 Å². The van der Waals surface area contributed by atoms with E-state index in [-0.39, 0.29) is 16.4 Å². The number of nitrogens with zero attached hydrogens (tertiary/aromatic N) is 3. The van der Waals surface area contributed by atoms with Crippen LogP contribution in [0, 0.1) is 24.2 Å². The molecular weight excluding hydrogens is 416 g/mol. The number of nitriles is 1. The maximum atomic E-state index is 13.0. The first-order chi connectivity index (χ1) is 14.6. The quantitative estimate of drug-likeness (QED) is 0.709. The van der Waals surface area contributed by atoms with Gasteiger partial charge in [-0.25, -0.2) is 9.78 Å². The Morgan fingerprint density at radius 1 is 1.29 bits per heavy atom. The van der Waals surface area contributed by atoms with E-state index < -0.39 is 23.5 Å². The van der Waals surface area contributed by atoms with Crippen LogP contribution in [0.1, 0.15) is 68.0 Å². The van der Waals surface area contributed by atoms with Crippen LogP contribution in [0.5, 0.6) is 0 Å². The van der Waals surface area contributed by atoms with Gasteiger partial charge in [-0.05, 0) is 45.1 Å². The number of nitrogens with one attached hydrogen (secondary N) is 1. The Balaban J connectivity index is 1.85. The van der Waals surface area contributed by atoms with Gasteiger partial charge in [0.2, 0.25) is 0 Å². The summed E-state index contributed by atoms with van der Waals surface area (Å²) in [7, 11) is 0. The van der Waals surface area contributed by atoms with Crippen molar-refractivity contribution in [3.8, 4) is 6.07 Å². The van der Waals surface area contributed by atoms with Crippen LogP contribution in [-0.2, 0) is 22.5 Å². The van der Waals surface area contributed by atoms with Crippen LogP contribution >= 0.6 is 11.3 Å².